The Morgan fingerprint density at radius 2 is 1.97 bits per heavy atom. The van der Waals surface area contributed by atoms with Gasteiger partial charge in [0.2, 0.25) is 0 Å². The van der Waals surface area contributed by atoms with Crippen molar-refractivity contribution in [1.82, 2.24) is 32.2 Å². The standard InChI is InChI=1S/C20H22N6O2S/c1-12-18(19-23-25-26-24-19)16(13-5-7-14(28-2)8-6-13)10-17(22-12)20(27)21-11-15-4-3-9-29-15/h3-10,19,23-26H,11H2,1-2H3,(H,21,27). The van der Waals surface area contributed by atoms with Crippen LogP contribution in [0.4, 0.5) is 0 Å². The molecule has 0 bridgehead atoms. The molecule has 3 aromatic rings. The predicted octanol–water partition coefficient (Wildman–Crippen LogP) is 2.17. The van der Waals surface area contributed by atoms with Crippen LogP contribution in [0.25, 0.3) is 11.1 Å². The van der Waals surface area contributed by atoms with Gasteiger partial charge in [-0.05, 0) is 47.7 Å². The maximum absolute atomic E-state index is 12.8. The zero-order chi connectivity index (χ0) is 20.2. The van der Waals surface area contributed by atoms with Crippen LogP contribution in [0.3, 0.4) is 0 Å². The van der Waals surface area contributed by atoms with Crippen molar-refractivity contribution in [3.63, 3.8) is 0 Å². The Hall–Kier alpha value is -2.82. The lowest BCUT2D eigenvalue weighted by Gasteiger charge is -2.19. The number of nitrogens with one attached hydrogen (secondary N) is 5. The monoisotopic (exact) mass is 410 g/mol. The molecule has 2 aromatic heterocycles. The van der Waals surface area contributed by atoms with Crippen LogP contribution in [0.15, 0.2) is 47.8 Å². The number of amides is 1. The SMILES string of the molecule is COc1ccc(-c2cc(C(=O)NCc3cccs3)nc(C)c2C2NNNN2)cc1. The van der Waals surface area contributed by atoms with Crippen molar-refractivity contribution in [1.29, 1.82) is 0 Å². The lowest BCUT2D eigenvalue weighted by atomic mass is 9.96. The minimum absolute atomic E-state index is 0.202. The molecule has 29 heavy (non-hydrogen) atoms. The van der Waals surface area contributed by atoms with Crippen molar-refractivity contribution in [2.75, 3.05) is 7.11 Å². The first-order chi connectivity index (χ1) is 14.2. The Morgan fingerprint density at radius 3 is 2.62 bits per heavy atom. The van der Waals surface area contributed by atoms with Gasteiger partial charge in [-0.25, -0.2) is 15.8 Å². The third kappa shape index (κ3) is 4.29. The van der Waals surface area contributed by atoms with E-state index in [4.69, 9.17) is 4.74 Å². The van der Waals surface area contributed by atoms with Gasteiger partial charge in [0.25, 0.3) is 5.91 Å². The van der Waals surface area contributed by atoms with E-state index in [1.165, 1.54) is 0 Å². The predicted molar refractivity (Wildman–Crippen MR) is 112 cm³/mol. The molecule has 0 radical (unpaired) electrons. The summed E-state index contributed by atoms with van der Waals surface area (Å²) in [4.78, 5) is 18.4. The molecule has 5 N–H and O–H groups in total. The van der Waals surface area contributed by atoms with E-state index < -0.39 is 0 Å². The Kier molecular flexibility index (Phi) is 5.84. The lowest BCUT2D eigenvalue weighted by molar-refractivity contribution is 0.0946. The lowest BCUT2D eigenvalue weighted by Crippen LogP contribution is -2.33. The zero-order valence-corrected chi connectivity index (χ0v) is 16.9. The summed E-state index contributed by atoms with van der Waals surface area (Å²) in [6.07, 6.45) is -0.206. The van der Waals surface area contributed by atoms with Crippen LogP contribution in [-0.4, -0.2) is 18.0 Å². The summed E-state index contributed by atoms with van der Waals surface area (Å²) in [5.41, 5.74) is 15.8. The molecule has 0 unspecified atom stereocenters. The fourth-order valence-electron chi connectivity index (χ4n) is 3.24. The van der Waals surface area contributed by atoms with E-state index in [1.807, 2.05) is 54.8 Å². The molecule has 1 aliphatic rings. The highest BCUT2D eigenvalue weighted by molar-refractivity contribution is 7.09. The van der Waals surface area contributed by atoms with Gasteiger partial charge >= 0.3 is 0 Å². The van der Waals surface area contributed by atoms with Gasteiger partial charge in [-0.2, -0.15) is 11.1 Å². The van der Waals surface area contributed by atoms with E-state index >= 15 is 0 Å². The van der Waals surface area contributed by atoms with Gasteiger partial charge in [-0.15, -0.1) is 11.3 Å². The molecule has 9 heteroatoms. The molecule has 0 spiro atoms. The normalized spacial score (nSPS) is 14.1. The minimum Gasteiger partial charge on any atom is -0.497 e. The molecular formula is C20H22N6O2S. The number of thiophene rings is 1. The number of ether oxygens (including phenoxy) is 1. The average Bonchev–Trinajstić information content (AvgIpc) is 3.45. The topological polar surface area (TPSA) is 99.3 Å². The third-order valence-electron chi connectivity index (χ3n) is 4.67. The first-order valence-electron chi connectivity index (χ1n) is 9.13. The van der Waals surface area contributed by atoms with Gasteiger partial charge in [0.1, 0.15) is 17.6 Å². The minimum atomic E-state index is -0.206. The van der Waals surface area contributed by atoms with Crippen LogP contribution < -0.4 is 32.0 Å². The maximum atomic E-state index is 12.8. The summed E-state index contributed by atoms with van der Waals surface area (Å²) in [6.45, 7) is 2.39. The molecule has 1 saturated heterocycles. The number of carbonyl (C=O) groups is 1. The van der Waals surface area contributed by atoms with Crippen LogP contribution in [0.1, 0.15) is 32.8 Å². The number of rotatable bonds is 6. The highest BCUT2D eigenvalue weighted by atomic mass is 32.1. The second-order valence-corrected chi connectivity index (χ2v) is 7.55. The van der Waals surface area contributed by atoms with Crippen LogP contribution in [0, 0.1) is 6.92 Å². The second kappa shape index (κ2) is 8.68. The number of aromatic nitrogens is 1. The fraction of sp³-hybridized carbons (Fsp3) is 0.200. The van der Waals surface area contributed by atoms with Gasteiger partial charge in [0, 0.05) is 16.1 Å². The van der Waals surface area contributed by atoms with Gasteiger partial charge in [0.05, 0.1) is 13.7 Å². The van der Waals surface area contributed by atoms with Crippen molar-refractivity contribution in [2.45, 2.75) is 19.6 Å². The largest absolute Gasteiger partial charge is 0.497 e. The first kappa shape index (κ1) is 19.5. The Labute approximate surface area is 172 Å². The van der Waals surface area contributed by atoms with E-state index in [1.54, 1.807) is 18.4 Å². The van der Waals surface area contributed by atoms with Crippen LogP contribution in [0.2, 0.25) is 0 Å². The molecule has 4 rings (SSSR count). The van der Waals surface area contributed by atoms with Gasteiger partial charge in [-0.3, -0.25) is 4.79 Å². The summed E-state index contributed by atoms with van der Waals surface area (Å²) in [5.74, 6) is 0.571. The number of methoxy groups -OCH3 is 1. The molecule has 1 amide bonds. The number of hydrogen-bond donors (Lipinski definition) is 5. The highest BCUT2D eigenvalue weighted by Crippen LogP contribution is 2.31. The zero-order valence-electron chi connectivity index (χ0n) is 16.1. The maximum Gasteiger partial charge on any atom is 0.270 e. The van der Waals surface area contributed by atoms with Crippen molar-refractivity contribution in [2.24, 2.45) is 0 Å². The number of carbonyl (C=O) groups excluding carboxylic acids is 1. The third-order valence-corrected chi connectivity index (χ3v) is 5.55. The van der Waals surface area contributed by atoms with E-state index in [2.05, 4.69) is 32.2 Å². The fourth-order valence-corrected chi connectivity index (χ4v) is 3.89. The summed E-state index contributed by atoms with van der Waals surface area (Å²) in [6, 6.07) is 13.5. The Bertz CT molecular complexity index is 985. The van der Waals surface area contributed by atoms with Gasteiger partial charge in [-0.1, -0.05) is 18.2 Å². The number of hydrogen-bond acceptors (Lipinski definition) is 8. The highest BCUT2D eigenvalue weighted by Gasteiger charge is 2.24. The van der Waals surface area contributed by atoms with E-state index in [9.17, 15) is 4.79 Å². The molecule has 1 fully saturated rings. The quantitative estimate of drug-likeness (QED) is 0.425. The van der Waals surface area contributed by atoms with Gasteiger partial charge < -0.3 is 10.1 Å². The Balaban J connectivity index is 1.69. The summed E-state index contributed by atoms with van der Waals surface area (Å²) in [7, 11) is 1.64. The molecule has 1 aliphatic heterocycles. The van der Waals surface area contributed by atoms with E-state index in [0.717, 1.165) is 33.0 Å². The van der Waals surface area contributed by atoms with Crippen molar-refractivity contribution in [3.8, 4) is 16.9 Å². The van der Waals surface area contributed by atoms with Crippen LogP contribution >= 0.6 is 11.3 Å². The number of hydrazine groups is 3. The smallest absolute Gasteiger partial charge is 0.270 e. The number of pyridine rings is 1. The molecule has 1 aromatic carbocycles. The van der Waals surface area contributed by atoms with Gasteiger partial charge in [0.15, 0.2) is 0 Å². The summed E-state index contributed by atoms with van der Waals surface area (Å²) >= 11 is 1.61. The molecule has 8 nitrogen and oxygen atoms in total. The molecule has 150 valence electrons. The summed E-state index contributed by atoms with van der Waals surface area (Å²) in [5, 5.41) is 4.94. The number of aryl methyl sites for hydroxylation is 1. The Morgan fingerprint density at radius 1 is 1.21 bits per heavy atom. The van der Waals surface area contributed by atoms with Crippen molar-refractivity contribution in [3.05, 3.63) is 69.7 Å². The number of benzene rings is 1. The molecule has 0 atom stereocenters. The molecule has 3 heterocycles. The molecular weight excluding hydrogens is 388 g/mol. The van der Waals surface area contributed by atoms with Crippen LogP contribution in [-0.2, 0) is 6.54 Å². The van der Waals surface area contributed by atoms with E-state index in [-0.39, 0.29) is 12.1 Å². The van der Waals surface area contributed by atoms with Crippen LogP contribution in [0.5, 0.6) is 5.75 Å². The first-order valence-corrected chi connectivity index (χ1v) is 10.0. The van der Waals surface area contributed by atoms with E-state index in [0.29, 0.717) is 12.2 Å². The van der Waals surface area contributed by atoms with Crippen molar-refractivity contribution < 1.29 is 9.53 Å². The number of nitrogens with zero attached hydrogens (tertiary/aromatic N) is 1. The second-order valence-electron chi connectivity index (χ2n) is 6.52. The molecule has 0 aliphatic carbocycles. The molecule has 0 saturated carbocycles. The summed E-state index contributed by atoms with van der Waals surface area (Å²) < 4.78 is 5.27. The average molecular weight is 411 g/mol. The van der Waals surface area contributed by atoms with Crippen molar-refractivity contribution >= 4 is 17.2 Å².